The second-order valence-electron chi connectivity index (χ2n) is 3.80. The molecule has 0 aliphatic carbocycles. The molecular formula is C10H16N2O. The fraction of sp³-hybridized carbons (Fsp3) is 0.600. The third-order valence-corrected chi connectivity index (χ3v) is 2.44. The first-order chi connectivity index (χ1) is 6.34. The summed E-state index contributed by atoms with van der Waals surface area (Å²) in [5.41, 5.74) is 0. The van der Waals surface area contributed by atoms with E-state index >= 15 is 0 Å². The van der Waals surface area contributed by atoms with E-state index in [2.05, 4.69) is 17.3 Å². The molecule has 0 bridgehead atoms. The molecule has 1 fully saturated rings. The van der Waals surface area contributed by atoms with Crippen molar-refractivity contribution in [1.29, 1.82) is 0 Å². The van der Waals surface area contributed by atoms with E-state index in [1.807, 2.05) is 12.1 Å². The quantitative estimate of drug-likeness (QED) is 0.747. The number of hydrogen-bond donors (Lipinski definition) is 1. The van der Waals surface area contributed by atoms with Crippen molar-refractivity contribution in [1.82, 2.24) is 10.2 Å². The van der Waals surface area contributed by atoms with Gasteiger partial charge in [-0.2, -0.15) is 0 Å². The van der Waals surface area contributed by atoms with Gasteiger partial charge in [0.05, 0.1) is 12.8 Å². The second-order valence-corrected chi connectivity index (χ2v) is 3.80. The van der Waals surface area contributed by atoms with Gasteiger partial charge >= 0.3 is 0 Å². The number of nitrogens with one attached hydrogen (secondary N) is 1. The summed E-state index contributed by atoms with van der Waals surface area (Å²) in [5, 5.41) is 3.28. The summed E-state index contributed by atoms with van der Waals surface area (Å²) < 4.78 is 5.28. The molecule has 1 N–H and O–H groups in total. The van der Waals surface area contributed by atoms with Gasteiger partial charge in [0.2, 0.25) is 0 Å². The molecule has 2 heterocycles. The van der Waals surface area contributed by atoms with Crippen molar-refractivity contribution in [3.63, 3.8) is 0 Å². The molecule has 3 nitrogen and oxygen atoms in total. The van der Waals surface area contributed by atoms with Crippen molar-refractivity contribution >= 4 is 0 Å². The largest absolute Gasteiger partial charge is 0.468 e. The van der Waals surface area contributed by atoms with Crippen LogP contribution in [0.3, 0.4) is 0 Å². The van der Waals surface area contributed by atoms with Crippen LogP contribution < -0.4 is 5.32 Å². The van der Waals surface area contributed by atoms with Crippen molar-refractivity contribution in [3.8, 4) is 0 Å². The first-order valence-electron chi connectivity index (χ1n) is 4.76. The van der Waals surface area contributed by atoms with Crippen molar-refractivity contribution < 1.29 is 4.42 Å². The monoisotopic (exact) mass is 180 g/mol. The zero-order chi connectivity index (χ0) is 9.10. The Morgan fingerprint density at radius 3 is 3.00 bits per heavy atom. The van der Waals surface area contributed by atoms with Crippen LogP contribution in [0, 0.1) is 5.92 Å². The average Bonchev–Trinajstić information content (AvgIpc) is 2.49. The fourth-order valence-corrected chi connectivity index (χ4v) is 1.65. The smallest absolute Gasteiger partial charge is 0.117 e. The first kappa shape index (κ1) is 8.78. The molecule has 0 atom stereocenters. The Morgan fingerprint density at radius 2 is 2.46 bits per heavy atom. The van der Waals surface area contributed by atoms with Crippen LogP contribution >= 0.6 is 0 Å². The van der Waals surface area contributed by atoms with E-state index in [0.717, 1.165) is 24.8 Å². The van der Waals surface area contributed by atoms with Crippen LogP contribution in [0.15, 0.2) is 22.8 Å². The normalized spacial score (nSPS) is 17.7. The molecule has 0 radical (unpaired) electrons. The molecule has 3 heteroatoms. The Bertz CT molecular complexity index is 241. The summed E-state index contributed by atoms with van der Waals surface area (Å²) >= 11 is 0. The van der Waals surface area contributed by atoms with Crippen molar-refractivity contribution in [2.24, 2.45) is 5.92 Å². The number of rotatable bonds is 4. The van der Waals surface area contributed by atoms with Gasteiger partial charge < -0.3 is 9.73 Å². The molecule has 1 aliphatic heterocycles. The number of nitrogens with zero attached hydrogens (tertiary/aromatic N) is 1. The fourth-order valence-electron chi connectivity index (χ4n) is 1.65. The SMILES string of the molecule is CN(Cc1ccco1)CC1CNC1. The van der Waals surface area contributed by atoms with Crippen molar-refractivity contribution in [2.75, 3.05) is 26.7 Å². The molecule has 0 saturated carbocycles. The van der Waals surface area contributed by atoms with Crippen LogP contribution in [-0.2, 0) is 6.54 Å². The Kier molecular flexibility index (Phi) is 2.66. The van der Waals surface area contributed by atoms with Gasteiger partial charge in [0.15, 0.2) is 0 Å². The maximum atomic E-state index is 5.28. The van der Waals surface area contributed by atoms with Gasteiger partial charge in [-0.15, -0.1) is 0 Å². The maximum Gasteiger partial charge on any atom is 0.117 e. The summed E-state index contributed by atoms with van der Waals surface area (Å²) in [4.78, 5) is 2.31. The van der Waals surface area contributed by atoms with E-state index in [1.54, 1.807) is 6.26 Å². The standard InChI is InChI=1S/C10H16N2O/c1-12(7-9-5-11-6-9)8-10-3-2-4-13-10/h2-4,9,11H,5-8H2,1H3. The second kappa shape index (κ2) is 3.94. The predicted octanol–water partition coefficient (Wildman–Crippen LogP) is 0.931. The zero-order valence-electron chi connectivity index (χ0n) is 7.99. The van der Waals surface area contributed by atoms with Crippen LogP contribution in [0.1, 0.15) is 5.76 Å². The third kappa shape index (κ3) is 2.32. The Morgan fingerprint density at radius 1 is 1.62 bits per heavy atom. The molecule has 13 heavy (non-hydrogen) atoms. The van der Waals surface area contributed by atoms with Gasteiger partial charge in [-0.25, -0.2) is 0 Å². The number of furan rings is 1. The lowest BCUT2D eigenvalue weighted by Gasteiger charge is -2.30. The van der Waals surface area contributed by atoms with Crippen molar-refractivity contribution in [2.45, 2.75) is 6.54 Å². The minimum Gasteiger partial charge on any atom is -0.468 e. The Balaban J connectivity index is 1.74. The van der Waals surface area contributed by atoms with E-state index in [-0.39, 0.29) is 0 Å². The van der Waals surface area contributed by atoms with E-state index in [9.17, 15) is 0 Å². The summed E-state index contributed by atoms with van der Waals surface area (Å²) in [6.45, 7) is 4.42. The van der Waals surface area contributed by atoms with E-state index in [0.29, 0.717) is 0 Å². The predicted molar refractivity (Wildman–Crippen MR) is 51.4 cm³/mol. The Hall–Kier alpha value is -0.800. The van der Waals surface area contributed by atoms with Crippen LogP contribution in [0.2, 0.25) is 0 Å². The van der Waals surface area contributed by atoms with Crippen LogP contribution in [0.25, 0.3) is 0 Å². The van der Waals surface area contributed by atoms with Gasteiger partial charge in [-0.1, -0.05) is 0 Å². The van der Waals surface area contributed by atoms with Crippen LogP contribution in [-0.4, -0.2) is 31.6 Å². The molecule has 0 amide bonds. The molecule has 2 rings (SSSR count). The van der Waals surface area contributed by atoms with E-state index in [4.69, 9.17) is 4.42 Å². The lowest BCUT2D eigenvalue weighted by atomic mass is 10.0. The van der Waals surface area contributed by atoms with Gasteiger partial charge in [0, 0.05) is 19.6 Å². The zero-order valence-corrected chi connectivity index (χ0v) is 7.99. The first-order valence-corrected chi connectivity index (χ1v) is 4.76. The van der Waals surface area contributed by atoms with Crippen LogP contribution in [0.5, 0.6) is 0 Å². The van der Waals surface area contributed by atoms with E-state index in [1.165, 1.54) is 13.1 Å². The summed E-state index contributed by atoms with van der Waals surface area (Å²) in [6.07, 6.45) is 1.73. The molecule has 1 aromatic heterocycles. The highest BCUT2D eigenvalue weighted by Crippen LogP contribution is 2.08. The van der Waals surface area contributed by atoms with Gasteiger partial charge in [-0.05, 0) is 25.1 Å². The molecule has 1 aromatic rings. The number of hydrogen-bond acceptors (Lipinski definition) is 3. The summed E-state index contributed by atoms with van der Waals surface area (Å²) in [5.74, 6) is 1.88. The van der Waals surface area contributed by atoms with E-state index < -0.39 is 0 Å². The minimum absolute atomic E-state index is 0.833. The lowest BCUT2D eigenvalue weighted by Crippen LogP contribution is -2.47. The molecule has 0 unspecified atom stereocenters. The topological polar surface area (TPSA) is 28.4 Å². The third-order valence-electron chi connectivity index (χ3n) is 2.44. The summed E-state index contributed by atoms with van der Waals surface area (Å²) in [6, 6.07) is 3.96. The van der Waals surface area contributed by atoms with Crippen LogP contribution in [0.4, 0.5) is 0 Å². The Labute approximate surface area is 78.7 Å². The molecule has 1 aliphatic rings. The average molecular weight is 180 g/mol. The molecule has 1 saturated heterocycles. The molecule has 0 spiro atoms. The minimum atomic E-state index is 0.833. The highest BCUT2D eigenvalue weighted by atomic mass is 16.3. The molecule has 72 valence electrons. The highest BCUT2D eigenvalue weighted by molar-refractivity contribution is 4.97. The van der Waals surface area contributed by atoms with Gasteiger partial charge in [0.1, 0.15) is 5.76 Å². The molecular weight excluding hydrogens is 164 g/mol. The highest BCUT2D eigenvalue weighted by Gasteiger charge is 2.18. The maximum absolute atomic E-state index is 5.28. The summed E-state index contributed by atoms with van der Waals surface area (Å²) in [7, 11) is 2.14. The van der Waals surface area contributed by atoms with Crippen molar-refractivity contribution in [3.05, 3.63) is 24.2 Å². The lowest BCUT2D eigenvalue weighted by molar-refractivity contribution is 0.207. The van der Waals surface area contributed by atoms with Gasteiger partial charge in [-0.3, -0.25) is 4.90 Å². The van der Waals surface area contributed by atoms with Gasteiger partial charge in [0.25, 0.3) is 0 Å². The molecule has 0 aromatic carbocycles.